The molecule has 1 aromatic carbocycles. The van der Waals surface area contributed by atoms with Gasteiger partial charge in [0.1, 0.15) is 11.6 Å². The van der Waals surface area contributed by atoms with Crippen LogP contribution in [0.15, 0.2) is 30.6 Å². The molecule has 3 aromatic rings. The number of ether oxygens (including phenoxy) is 2. The highest BCUT2D eigenvalue weighted by Gasteiger charge is 2.39. The minimum absolute atomic E-state index is 0.0559. The molecule has 11 nitrogen and oxygen atoms in total. The number of carbonyl (C=O) groups excluding carboxylic acids is 3. The maximum atomic E-state index is 13.7. The lowest BCUT2D eigenvalue weighted by molar-refractivity contribution is -0.151. The second kappa shape index (κ2) is 11.1. The van der Waals surface area contributed by atoms with Gasteiger partial charge in [0.2, 0.25) is 11.8 Å². The predicted molar refractivity (Wildman–Crippen MR) is 157 cm³/mol. The fourth-order valence-corrected chi connectivity index (χ4v) is 5.55. The van der Waals surface area contributed by atoms with Crippen molar-refractivity contribution < 1.29 is 23.9 Å². The van der Waals surface area contributed by atoms with Crippen LogP contribution in [0, 0.1) is 0 Å². The zero-order valence-electron chi connectivity index (χ0n) is 24.1. The minimum atomic E-state index is -0.685. The molecule has 0 unspecified atom stereocenters. The fourth-order valence-electron chi connectivity index (χ4n) is 5.33. The first-order valence-corrected chi connectivity index (χ1v) is 14.2. The number of hydrogen-bond acceptors (Lipinski definition) is 7. The predicted octanol–water partition coefficient (Wildman–Crippen LogP) is 3.87. The van der Waals surface area contributed by atoms with E-state index in [1.54, 1.807) is 28.3 Å². The van der Waals surface area contributed by atoms with E-state index in [-0.39, 0.29) is 31.1 Å². The largest absolute Gasteiger partial charge is 0.444 e. The average Bonchev–Trinajstić information content (AvgIpc) is 3.26. The molecule has 12 heteroatoms. The van der Waals surface area contributed by atoms with Gasteiger partial charge in [0.25, 0.3) is 0 Å². The molecule has 4 heterocycles. The van der Waals surface area contributed by atoms with Gasteiger partial charge in [-0.25, -0.2) is 4.79 Å². The normalized spacial score (nSPS) is 19.9. The molecule has 0 spiro atoms. The molecule has 1 atom stereocenters. The van der Waals surface area contributed by atoms with Crippen LogP contribution in [0.2, 0.25) is 5.02 Å². The molecule has 5 rings (SSSR count). The molecule has 2 saturated heterocycles. The van der Waals surface area contributed by atoms with Crippen LogP contribution in [-0.2, 0) is 19.1 Å². The standard InChI is InChI=1S/C29H37ClN6O5/c1-28(2,3)41-27(39)35-10-8-34(9-11-35)24(37)15-36-17-29(4,5)40-16-23(36)26(38)33-21-13-18(30)12-20-19-6-7-31-14-22(19)32-25(20)21/h6-7,12-14,23,32H,8-11,15-17H2,1-5H3,(H,33,38)/t23-/m0/s1. The summed E-state index contributed by atoms with van der Waals surface area (Å²) in [4.78, 5) is 52.2. The zero-order valence-corrected chi connectivity index (χ0v) is 24.9. The van der Waals surface area contributed by atoms with E-state index in [0.29, 0.717) is 43.4 Å². The molecule has 2 N–H and O–H groups in total. The summed E-state index contributed by atoms with van der Waals surface area (Å²) < 4.78 is 11.5. The van der Waals surface area contributed by atoms with Crippen molar-refractivity contribution in [1.82, 2.24) is 24.7 Å². The third-order valence-corrected chi connectivity index (χ3v) is 7.53. The Balaban J connectivity index is 1.28. The first kappa shape index (κ1) is 29.1. The van der Waals surface area contributed by atoms with E-state index in [1.807, 2.05) is 51.7 Å². The van der Waals surface area contributed by atoms with Gasteiger partial charge in [0.15, 0.2) is 0 Å². The number of H-pyrrole nitrogens is 1. The van der Waals surface area contributed by atoms with Crippen LogP contribution in [-0.4, -0.2) is 106 Å². The number of benzene rings is 1. The van der Waals surface area contributed by atoms with Crippen LogP contribution in [0.1, 0.15) is 34.6 Å². The van der Waals surface area contributed by atoms with E-state index in [2.05, 4.69) is 15.3 Å². The van der Waals surface area contributed by atoms with Crippen LogP contribution in [0.3, 0.4) is 0 Å². The van der Waals surface area contributed by atoms with Gasteiger partial charge < -0.3 is 29.6 Å². The molecule has 0 bridgehead atoms. The highest BCUT2D eigenvalue weighted by atomic mass is 35.5. The molecular formula is C29H37ClN6O5. The summed E-state index contributed by atoms with van der Waals surface area (Å²) in [6.45, 7) is 11.5. The molecule has 3 amide bonds. The summed E-state index contributed by atoms with van der Waals surface area (Å²) in [5.74, 6) is -0.388. The Morgan fingerprint density at radius 1 is 1.15 bits per heavy atom. The van der Waals surface area contributed by atoms with Gasteiger partial charge >= 0.3 is 6.09 Å². The Labute approximate surface area is 244 Å². The van der Waals surface area contributed by atoms with Gasteiger partial charge in [0.05, 0.1) is 41.7 Å². The zero-order chi connectivity index (χ0) is 29.5. The number of pyridine rings is 1. The van der Waals surface area contributed by atoms with E-state index >= 15 is 0 Å². The molecule has 0 aliphatic carbocycles. The van der Waals surface area contributed by atoms with Gasteiger partial charge in [0, 0.05) is 54.7 Å². The quantitative estimate of drug-likeness (QED) is 0.478. The first-order valence-electron chi connectivity index (χ1n) is 13.8. The van der Waals surface area contributed by atoms with Crippen LogP contribution in [0.25, 0.3) is 21.8 Å². The van der Waals surface area contributed by atoms with Crippen LogP contribution in [0.4, 0.5) is 10.5 Å². The minimum Gasteiger partial charge on any atom is -0.444 e. The molecule has 0 saturated carbocycles. The van der Waals surface area contributed by atoms with Gasteiger partial charge in [-0.05, 0) is 52.8 Å². The molecule has 2 aromatic heterocycles. The maximum absolute atomic E-state index is 13.7. The van der Waals surface area contributed by atoms with E-state index in [4.69, 9.17) is 21.1 Å². The lowest BCUT2D eigenvalue weighted by atomic mass is 10.0. The lowest BCUT2D eigenvalue weighted by Crippen LogP contribution is -2.61. The highest BCUT2D eigenvalue weighted by Crippen LogP contribution is 2.33. The molecule has 0 radical (unpaired) electrons. The Hall–Kier alpha value is -3.41. The summed E-state index contributed by atoms with van der Waals surface area (Å²) in [5.41, 5.74) is 1.02. The van der Waals surface area contributed by atoms with Gasteiger partial charge in [-0.3, -0.25) is 19.5 Å². The maximum Gasteiger partial charge on any atom is 0.410 e. The summed E-state index contributed by atoms with van der Waals surface area (Å²) in [5, 5.41) is 5.35. The number of nitrogens with zero attached hydrogens (tertiary/aromatic N) is 4. The van der Waals surface area contributed by atoms with Crippen molar-refractivity contribution in [3.8, 4) is 0 Å². The Bertz CT molecular complexity index is 1470. The Kier molecular flexibility index (Phi) is 7.88. The fraction of sp³-hybridized carbons (Fsp3) is 0.517. The van der Waals surface area contributed by atoms with Crippen molar-refractivity contribution in [2.24, 2.45) is 0 Å². The Morgan fingerprint density at radius 3 is 2.56 bits per heavy atom. The Morgan fingerprint density at radius 2 is 1.85 bits per heavy atom. The number of hydrogen-bond donors (Lipinski definition) is 2. The van der Waals surface area contributed by atoms with E-state index < -0.39 is 17.2 Å². The number of aromatic nitrogens is 2. The molecule has 41 heavy (non-hydrogen) atoms. The number of aromatic amines is 1. The number of fused-ring (bicyclic) bond motifs is 3. The van der Waals surface area contributed by atoms with Crippen molar-refractivity contribution >= 4 is 57.0 Å². The lowest BCUT2D eigenvalue weighted by Gasteiger charge is -2.43. The third-order valence-electron chi connectivity index (χ3n) is 7.31. The highest BCUT2D eigenvalue weighted by molar-refractivity contribution is 6.33. The number of piperazine rings is 1. The molecule has 2 aliphatic rings. The van der Waals surface area contributed by atoms with E-state index in [9.17, 15) is 14.4 Å². The summed E-state index contributed by atoms with van der Waals surface area (Å²) in [6.07, 6.45) is 3.06. The number of rotatable bonds is 4. The summed E-state index contributed by atoms with van der Waals surface area (Å²) >= 11 is 6.43. The SMILES string of the molecule is CC(C)(C)OC(=O)N1CCN(C(=O)CN2CC(C)(C)OC[C@H]2C(=O)Nc2cc(Cl)cc3c2[nH]c2cnccc23)CC1. The van der Waals surface area contributed by atoms with Crippen molar-refractivity contribution in [3.63, 3.8) is 0 Å². The number of halogens is 1. The third kappa shape index (κ3) is 6.58. The second-order valence-corrected chi connectivity index (χ2v) is 12.7. The van der Waals surface area contributed by atoms with Gasteiger partial charge in [-0.15, -0.1) is 0 Å². The topological polar surface area (TPSA) is 120 Å². The van der Waals surface area contributed by atoms with Crippen molar-refractivity contribution in [3.05, 3.63) is 35.6 Å². The number of morpholine rings is 1. The van der Waals surface area contributed by atoms with Gasteiger partial charge in [-0.2, -0.15) is 0 Å². The van der Waals surface area contributed by atoms with E-state index in [0.717, 1.165) is 21.8 Å². The molecule has 2 fully saturated rings. The smallest absolute Gasteiger partial charge is 0.410 e. The number of amides is 3. The summed E-state index contributed by atoms with van der Waals surface area (Å²) in [6, 6.07) is 4.77. The first-order chi connectivity index (χ1) is 19.3. The van der Waals surface area contributed by atoms with Crippen LogP contribution < -0.4 is 5.32 Å². The molecular weight excluding hydrogens is 548 g/mol. The van der Waals surface area contributed by atoms with Crippen molar-refractivity contribution in [2.45, 2.75) is 51.9 Å². The molecule has 2 aliphatic heterocycles. The van der Waals surface area contributed by atoms with Gasteiger partial charge in [-0.1, -0.05) is 11.6 Å². The van der Waals surface area contributed by atoms with Crippen LogP contribution >= 0.6 is 11.6 Å². The van der Waals surface area contributed by atoms with Crippen molar-refractivity contribution in [2.75, 3.05) is 51.2 Å². The number of anilines is 1. The van der Waals surface area contributed by atoms with E-state index in [1.165, 1.54) is 0 Å². The van der Waals surface area contributed by atoms with Crippen molar-refractivity contribution in [1.29, 1.82) is 0 Å². The number of carbonyl (C=O) groups is 3. The second-order valence-electron chi connectivity index (χ2n) is 12.3. The number of nitrogens with one attached hydrogen (secondary N) is 2. The monoisotopic (exact) mass is 584 g/mol. The average molecular weight is 585 g/mol. The molecule has 220 valence electrons. The summed E-state index contributed by atoms with van der Waals surface area (Å²) in [7, 11) is 0. The van der Waals surface area contributed by atoms with Crippen LogP contribution in [0.5, 0.6) is 0 Å².